The predicted octanol–water partition coefficient (Wildman–Crippen LogP) is 2.89. The SMILES string of the molecule is O=C(NNc1ccc([N+](=O)[O-])cc1)NC1CCN(Cc2ccccc2)CC1. The number of likely N-dealkylation sites (tertiary alicyclic amines) is 1. The lowest BCUT2D eigenvalue weighted by Crippen LogP contribution is -2.48. The van der Waals surface area contributed by atoms with Gasteiger partial charge in [0.2, 0.25) is 0 Å². The summed E-state index contributed by atoms with van der Waals surface area (Å²) in [6.07, 6.45) is 1.80. The van der Waals surface area contributed by atoms with E-state index >= 15 is 0 Å². The smallest absolute Gasteiger partial charge is 0.333 e. The summed E-state index contributed by atoms with van der Waals surface area (Å²) >= 11 is 0. The number of non-ortho nitro benzene ring substituents is 1. The topological polar surface area (TPSA) is 99.5 Å². The molecule has 27 heavy (non-hydrogen) atoms. The Bertz CT molecular complexity index is 759. The normalized spacial score (nSPS) is 15.1. The van der Waals surface area contributed by atoms with Crippen molar-refractivity contribution in [2.75, 3.05) is 18.5 Å². The van der Waals surface area contributed by atoms with Crippen LogP contribution in [0.25, 0.3) is 0 Å². The first-order chi connectivity index (χ1) is 13.1. The van der Waals surface area contributed by atoms with Crippen molar-refractivity contribution >= 4 is 17.4 Å². The molecule has 0 bridgehead atoms. The van der Waals surface area contributed by atoms with E-state index in [1.54, 1.807) is 12.1 Å². The molecule has 2 aromatic carbocycles. The van der Waals surface area contributed by atoms with E-state index in [9.17, 15) is 14.9 Å². The number of anilines is 1. The van der Waals surface area contributed by atoms with Gasteiger partial charge in [-0.05, 0) is 30.5 Å². The number of amides is 2. The molecule has 0 atom stereocenters. The zero-order chi connectivity index (χ0) is 19.1. The van der Waals surface area contributed by atoms with Gasteiger partial charge in [-0.3, -0.25) is 25.9 Å². The number of urea groups is 1. The van der Waals surface area contributed by atoms with Crippen LogP contribution >= 0.6 is 0 Å². The van der Waals surface area contributed by atoms with Crippen molar-refractivity contribution < 1.29 is 9.72 Å². The number of benzene rings is 2. The van der Waals surface area contributed by atoms with E-state index in [1.807, 2.05) is 18.2 Å². The molecule has 3 N–H and O–H groups in total. The van der Waals surface area contributed by atoms with E-state index in [0.717, 1.165) is 32.5 Å². The van der Waals surface area contributed by atoms with Crippen molar-refractivity contribution in [2.24, 2.45) is 0 Å². The standard InChI is InChI=1S/C19H23N5O3/c25-19(22-21-17-6-8-18(9-7-17)24(26)27)20-16-10-12-23(13-11-16)14-15-4-2-1-3-5-15/h1-9,16,21H,10-14H2,(H2,20,22,25). The number of carbonyl (C=O) groups excluding carboxylic acids is 1. The van der Waals surface area contributed by atoms with Gasteiger partial charge in [-0.1, -0.05) is 30.3 Å². The lowest BCUT2D eigenvalue weighted by Gasteiger charge is -2.32. The molecule has 3 rings (SSSR count). The van der Waals surface area contributed by atoms with Crippen LogP contribution in [0.2, 0.25) is 0 Å². The third-order valence-electron chi connectivity index (χ3n) is 4.57. The van der Waals surface area contributed by atoms with Crippen molar-refractivity contribution in [3.63, 3.8) is 0 Å². The molecule has 2 aromatic rings. The quantitative estimate of drug-likeness (QED) is 0.537. The molecule has 1 saturated heterocycles. The lowest BCUT2D eigenvalue weighted by molar-refractivity contribution is -0.384. The third-order valence-corrected chi connectivity index (χ3v) is 4.57. The second-order valence-electron chi connectivity index (χ2n) is 6.56. The fourth-order valence-corrected chi connectivity index (χ4v) is 3.09. The maximum absolute atomic E-state index is 12.0. The first-order valence-corrected chi connectivity index (χ1v) is 8.93. The molecule has 0 radical (unpaired) electrons. The number of hydrazine groups is 1. The Hall–Kier alpha value is -3.13. The minimum Gasteiger partial charge on any atom is -0.334 e. The molecule has 0 aromatic heterocycles. The molecule has 1 aliphatic rings. The van der Waals surface area contributed by atoms with Gasteiger partial charge in [0.25, 0.3) is 5.69 Å². The lowest BCUT2D eigenvalue weighted by atomic mass is 10.0. The van der Waals surface area contributed by atoms with Crippen molar-refractivity contribution in [3.8, 4) is 0 Å². The molecule has 0 unspecified atom stereocenters. The van der Waals surface area contributed by atoms with E-state index in [4.69, 9.17) is 0 Å². The zero-order valence-electron chi connectivity index (χ0n) is 14.9. The molecule has 1 heterocycles. The number of nitro benzene ring substituents is 1. The number of carbonyl (C=O) groups is 1. The molecule has 1 aliphatic heterocycles. The molecule has 2 amide bonds. The Labute approximate surface area is 157 Å². The zero-order valence-corrected chi connectivity index (χ0v) is 14.9. The Morgan fingerprint density at radius 3 is 2.37 bits per heavy atom. The average molecular weight is 369 g/mol. The van der Waals surface area contributed by atoms with Gasteiger partial charge < -0.3 is 5.32 Å². The monoisotopic (exact) mass is 369 g/mol. The van der Waals surface area contributed by atoms with E-state index in [1.165, 1.54) is 17.7 Å². The van der Waals surface area contributed by atoms with Crippen LogP contribution in [0.4, 0.5) is 16.2 Å². The number of hydrogen-bond donors (Lipinski definition) is 3. The van der Waals surface area contributed by atoms with Gasteiger partial charge >= 0.3 is 6.03 Å². The first kappa shape index (κ1) is 18.7. The molecule has 0 saturated carbocycles. The van der Waals surface area contributed by atoms with Gasteiger partial charge in [-0.25, -0.2) is 4.79 Å². The van der Waals surface area contributed by atoms with E-state index < -0.39 is 4.92 Å². The number of nitrogens with zero attached hydrogens (tertiary/aromatic N) is 2. The molecule has 1 fully saturated rings. The molecular formula is C19H23N5O3. The van der Waals surface area contributed by atoms with Crippen LogP contribution in [0.3, 0.4) is 0 Å². The maximum Gasteiger partial charge on any atom is 0.333 e. The highest BCUT2D eigenvalue weighted by atomic mass is 16.6. The summed E-state index contributed by atoms with van der Waals surface area (Å²) in [7, 11) is 0. The highest BCUT2D eigenvalue weighted by Crippen LogP contribution is 2.15. The van der Waals surface area contributed by atoms with Crippen LogP contribution in [0.15, 0.2) is 54.6 Å². The summed E-state index contributed by atoms with van der Waals surface area (Å²) in [6, 6.07) is 16.0. The first-order valence-electron chi connectivity index (χ1n) is 8.93. The highest BCUT2D eigenvalue weighted by molar-refractivity contribution is 5.75. The second kappa shape index (κ2) is 9.00. The summed E-state index contributed by atoms with van der Waals surface area (Å²) in [5.41, 5.74) is 7.19. The predicted molar refractivity (Wildman–Crippen MR) is 103 cm³/mol. The van der Waals surface area contributed by atoms with E-state index in [0.29, 0.717) is 5.69 Å². The Morgan fingerprint density at radius 2 is 1.74 bits per heavy atom. The Morgan fingerprint density at radius 1 is 1.07 bits per heavy atom. The average Bonchev–Trinajstić information content (AvgIpc) is 2.69. The number of nitrogens with one attached hydrogen (secondary N) is 3. The van der Waals surface area contributed by atoms with Gasteiger partial charge in [-0.2, -0.15) is 0 Å². The molecule has 0 aliphatic carbocycles. The molecular weight excluding hydrogens is 346 g/mol. The van der Waals surface area contributed by atoms with Gasteiger partial charge in [0, 0.05) is 37.8 Å². The molecule has 8 nitrogen and oxygen atoms in total. The largest absolute Gasteiger partial charge is 0.334 e. The summed E-state index contributed by atoms with van der Waals surface area (Å²) < 4.78 is 0. The summed E-state index contributed by atoms with van der Waals surface area (Å²) in [6.45, 7) is 2.81. The van der Waals surface area contributed by atoms with Gasteiger partial charge in [0.05, 0.1) is 10.6 Å². The number of rotatable bonds is 6. The summed E-state index contributed by atoms with van der Waals surface area (Å²) in [4.78, 5) is 24.6. The maximum atomic E-state index is 12.0. The summed E-state index contributed by atoms with van der Waals surface area (Å²) in [5.74, 6) is 0. The number of hydrogen-bond acceptors (Lipinski definition) is 5. The second-order valence-corrected chi connectivity index (χ2v) is 6.56. The van der Waals surface area contributed by atoms with Crippen LogP contribution < -0.4 is 16.2 Å². The number of piperidine rings is 1. The fourth-order valence-electron chi connectivity index (χ4n) is 3.09. The van der Waals surface area contributed by atoms with Crippen LogP contribution in [-0.4, -0.2) is 35.0 Å². The third kappa shape index (κ3) is 5.68. The van der Waals surface area contributed by atoms with E-state index in [-0.39, 0.29) is 17.8 Å². The van der Waals surface area contributed by atoms with Gasteiger partial charge in [0.15, 0.2) is 0 Å². The highest BCUT2D eigenvalue weighted by Gasteiger charge is 2.20. The molecule has 0 spiro atoms. The van der Waals surface area contributed by atoms with Crippen molar-refractivity contribution in [2.45, 2.75) is 25.4 Å². The van der Waals surface area contributed by atoms with Crippen LogP contribution in [0.1, 0.15) is 18.4 Å². The van der Waals surface area contributed by atoms with Crippen LogP contribution in [-0.2, 0) is 6.54 Å². The summed E-state index contributed by atoms with van der Waals surface area (Å²) in [5, 5.41) is 13.6. The minimum atomic E-state index is -0.464. The fraction of sp³-hybridized carbons (Fsp3) is 0.316. The van der Waals surface area contributed by atoms with Crippen molar-refractivity contribution in [3.05, 3.63) is 70.3 Å². The molecule has 8 heteroatoms. The number of nitro groups is 1. The van der Waals surface area contributed by atoms with Crippen LogP contribution in [0.5, 0.6) is 0 Å². The van der Waals surface area contributed by atoms with Gasteiger partial charge in [-0.15, -0.1) is 0 Å². The van der Waals surface area contributed by atoms with E-state index in [2.05, 4.69) is 33.2 Å². The minimum absolute atomic E-state index is 0.00673. The Kier molecular flexibility index (Phi) is 6.22. The van der Waals surface area contributed by atoms with Crippen molar-refractivity contribution in [1.82, 2.24) is 15.6 Å². The van der Waals surface area contributed by atoms with Crippen molar-refractivity contribution in [1.29, 1.82) is 0 Å². The molecule has 142 valence electrons. The Balaban J connectivity index is 1.37. The van der Waals surface area contributed by atoms with Gasteiger partial charge in [0.1, 0.15) is 0 Å². The van der Waals surface area contributed by atoms with Crippen LogP contribution in [0, 0.1) is 10.1 Å².